The number of hydrogen-bond acceptors (Lipinski definition) is 2. The zero-order valence-electron chi connectivity index (χ0n) is 10.4. The summed E-state index contributed by atoms with van der Waals surface area (Å²) >= 11 is 0. The predicted molar refractivity (Wildman–Crippen MR) is 71.9 cm³/mol. The van der Waals surface area contributed by atoms with Crippen molar-refractivity contribution in [3.63, 3.8) is 0 Å². The largest absolute Gasteiger partial charge is 0.372 e. The molecule has 1 rings (SSSR count). The normalized spacial score (nSPS) is 10.1. The molecule has 1 aromatic carbocycles. The Kier molecular flexibility index (Phi) is 5.65. The summed E-state index contributed by atoms with van der Waals surface area (Å²) in [6.45, 7) is 11.9. The summed E-state index contributed by atoms with van der Waals surface area (Å²) in [5.74, 6) is 0. The van der Waals surface area contributed by atoms with Crippen molar-refractivity contribution in [3.05, 3.63) is 42.5 Å². The van der Waals surface area contributed by atoms with Crippen LogP contribution in [0.1, 0.15) is 19.4 Å². The van der Waals surface area contributed by atoms with Crippen LogP contribution in [0, 0.1) is 0 Å². The third kappa shape index (κ3) is 3.70. The van der Waals surface area contributed by atoms with Crippen molar-refractivity contribution in [1.29, 1.82) is 0 Å². The number of anilines is 1. The third-order valence-corrected chi connectivity index (χ3v) is 2.68. The highest BCUT2D eigenvalue weighted by molar-refractivity contribution is 5.47. The van der Waals surface area contributed by atoms with Crippen LogP contribution in [0.5, 0.6) is 0 Å². The van der Waals surface area contributed by atoms with Crippen LogP contribution in [-0.4, -0.2) is 19.6 Å². The van der Waals surface area contributed by atoms with E-state index >= 15 is 0 Å². The van der Waals surface area contributed by atoms with Crippen LogP contribution in [-0.2, 0) is 6.54 Å². The van der Waals surface area contributed by atoms with Gasteiger partial charge in [-0.1, -0.05) is 18.2 Å². The smallest absolute Gasteiger partial charge is 0.0366 e. The van der Waals surface area contributed by atoms with Crippen LogP contribution < -0.4 is 10.2 Å². The fourth-order valence-electron chi connectivity index (χ4n) is 1.73. The summed E-state index contributed by atoms with van der Waals surface area (Å²) in [6.07, 6.45) is 1.88. The van der Waals surface area contributed by atoms with E-state index in [-0.39, 0.29) is 0 Å². The van der Waals surface area contributed by atoms with Crippen LogP contribution in [0.3, 0.4) is 0 Å². The van der Waals surface area contributed by atoms with Crippen LogP contribution >= 0.6 is 0 Å². The maximum Gasteiger partial charge on any atom is 0.0366 e. The first-order valence-corrected chi connectivity index (χ1v) is 5.97. The fourth-order valence-corrected chi connectivity index (χ4v) is 1.73. The molecule has 0 heterocycles. The molecule has 0 fully saturated rings. The van der Waals surface area contributed by atoms with E-state index in [1.54, 1.807) is 0 Å². The highest BCUT2D eigenvalue weighted by Gasteiger charge is 2.00. The van der Waals surface area contributed by atoms with Crippen molar-refractivity contribution in [2.24, 2.45) is 0 Å². The SMILES string of the molecule is C=CCNCc1ccc(N(CC)CC)cc1. The number of benzene rings is 1. The van der Waals surface area contributed by atoms with Gasteiger partial charge in [-0.25, -0.2) is 0 Å². The number of nitrogens with zero attached hydrogens (tertiary/aromatic N) is 1. The lowest BCUT2D eigenvalue weighted by Crippen LogP contribution is -2.21. The maximum atomic E-state index is 3.68. The first-order valence-electron chi connectivity index (χ1n) is 5.97. The van der Waals surface area contributed by atoms with Gasteiger partial charge in [-0.15, -0.1) is 6.58 Å². The molecule has 1 aromatic rings. The van der Waals surface area contributed by atoms with Crippen molar-refractivity contribution in [2.75, 3.05) is 24.5 Å². The molecule has 0 aromatic heterocycles. The van der Waals surface area contributed by atoms with E-state index in [0.717, 1.165) is 26.2 Å². The van der Waals surface area contributed by atoms with Gasteiger partial charge >= 0.3 is 0 Å². The quantitative estimate of drug-likeness (QED) is 0.559. The van der Waals surface area contributed by atoms with Gasteiger partial charge in [0.1, 0.15) is 0 Å². The van der Waals surface area contributed by atoms with Crippen LogP contribution in [0.15, 0.2) is 36.9 Å². The second-order valence-electron chi connectivity index (χ2n) is 3.76. The summed E-state index contributed by atoms with van der Waals surface area (Å²) in [5.41, 5.74) is 2.62. The molecule has 16 heavy (non-hydrogen) atoms. The number of hydrogen-bond donors (Lipinski definition) is 1. The Labute approximate surface area is 99.0 Å². The van der Waals surface area contributed by atoms with Crippen molar-refractivity contribution >= 4 is 5.69 Å². The minimum absolute atomic E-state index is 0.859. The van der Waals surface area contributed by atoms with Gasteiger partial charge in [0.15, 0.2) is 0 Å². The third-order valence-electron chi connectivity index (χ3n) is 2.68. The van der Waals surface area contributed by atoms with Gasteiger partial charge in [-0.3, -0.25) is 0 Å². The zero-order valence-corrected chi connectivity index (χ0v) is 10.4. The minimum Gasteiger partial charge on any atom is -0.372 e. The molecule has 88 valence electrons. The van der Waals surface area contributed by atoms with E-state index in [2.05, 4.69) is 54.9 Å². The van der Waals surface area contributed by atoms with Crippen LogP contribution in [0.25, 0.3) is 0 Å². The van der Waals surface area contributed by atoms with Gasteiger partial charge in [0.05, 0.1) is 0 Å². The molecular weight excluding hydrogens is 196 g/mol. The summed E-state index contributed by atoms with van der Waals surface area (Å²) in [5, 5.41) is 3.30. The predicted octanol–water partition coefficient (Wildman–Crippen LogP) is 2.81. The van der Waals surface area contributed by atoms with Crippen molar-refractivity contribution < 1.29 is 0 Å². The molecule has 0 saturated heterocycles. The lowest BCUT2D eigenvalue weighted by Gasteiger charge is -2.21. The molecule has 0 atom stereocenters. The standard InChI is InChI=1S/C14H22N2/c1-4-11-15-12-13-7-9-14(10-8-13)16(5-2)6-3/h4,7-10,15H,1,5-6,11-12H2,2-3H3. The Morgan fingerprint density at radius 2 is 1.81 bits per heavy atom. The Hall–Kier alpha value is -1.28. The highest BCUT2D eigenvalue weighted by Crippen LogP contribution is 2.14. The van der Waals surface area contributed by atoms with Gasteiger partial charge < -0.3 is 10.2 Å². The molecule has 1 N–H and O–H groups in total. The molecule has 2 heteroatoms. The summed E-state index contributed by atoms with van der Waals surface area (Å²) < 4.78 is 0. The first kappa shape index (κ1) is 12.8. The zero-order chi connectivity index (χ0) is 11.8. The Morgan fingerprint density at radius 1 is 1.19 bits per heavy atom. The lowest BCUT2D eigenvalue weighted by atomic mass is 10.2. The van der Waals surface area contributed by atoms with Gasteiger partial charge in [-0.2, -0.15) is 0 Å². The summed E-state index contributed by atoms with van der Waals surface area (Å²) in [6, 6.07) is 8.75. The first-order chi connectivity index (χ1) is 7.81. The van der Waals surface area contributed by atoms with E-state index in [9.17, 15) is 0 Å². The Bertz CT molecular complexity index is 299. The van der Waals surface area contributed by atoms with E-state index in [4.69, 9.17) is 0 Å². The molecule has 0 radical (unpaired) electrons. The Morgan fingerprint density at radius 3 is 2.31 bits per heavy atom. The molecule has 0 aliphatic rings. The average molecular weight is 218 g/mol. The number of nitrogens with one attached hydrogen (secondary N) is 1. The second kappa shape index (κ2) is 7.07. The molecule has 0 bridgehead atoms. The lowest BCUT2D eigenvalue weighted by molar-refractivity contribution is 0.760. The van der Waals surface area contributed by atoms with Gasteiger partial charge in [-0.05, 0) is 31.5 Å². The monoisotopic (exact) mass is 218 g/mol. The highest BCUT2D eigenvalue weighted by atomic mass is 15.1. The van der Waals surface area contributed by atoms with Crippen LogP contribution in [0.4, 0.5) is 5.69 Å². The molecular formula is C14H22N2. The van der Waals surface area contributed by atoms with Crippen molar-refractivity contribution in [3.8, 4) is 0 Å². The van der Waals surface area contributed by atoms with E-state index < -0.39 is 0 Å². The second-order valence-corrected chi connectivity index (χ2v) is 3.76. The average Bonchev–Trinajstić information content (AvgIpc) is 2.33. The van der Waals surface area contributed by atoms with Crippen LogP contribution in [0.2, 0.25) is 0 Å². The molecule has 0 aliphatic carbocycles. The molecule has 0 spiro atoms. The van der Waals surface area contributed by atoms with Crippen molar-refractivity contribution in [2.45, 2.75) is 20.4 Å². The Balaban J connectivity index is 2.56. The molecule has 0 saturated carbocycles. The van der Waals surface area contributed by atoms with Gasteiger partial charge in [0.2, 0.25) is 0 Å². The van der Waals surface area contributed by atoms with E-state index in [1.165, 1.54) is 11.3 Å². The maximum absolute atomic E-state index is 3.68. The molecule has 0 unspecified atom stereocenters. The molecule has 0 aliphatic heterocycles. The summed E-state index contributed by atoms with van der Waals surface area (Å²) in [4.78, 5) is 2.35. The fraction of sp³-hybridized carbons (Fsp3) is 0.429. The minimum atomic E-state index is 0.859. The summed E-state index contributed by atoms with van der Waals surface area (Å²) in [7, 11) is 0. The van der Waals surface area contributed by atoms with Crippen molar-refractivity contribution in [1.82, 2.24) is 5.32 Å². The topological polar surface area (TPSA) is 15.3 Å². The van der Waals surface area contributed by atoms with Gasteiger partial charge in [0, 0.05) is 31.9 Å². The van der Waals surface area contributed by atoms with E-state index in [1.807, 2.05) is 6.08 Å². The number of rotatable bonds is 7. The molecule has 0 amide bonds. The van der Waals surface area contributed by atoms with Gasteiger partial charge in [0.25, 0.3) is 0 Å². The molecule has 2 nitrogen and oxygen atoms in total. The van der Waals surface area contributed by atoms with E-state index in [0.29, 0.717) is 0 Å².